The number of nitrogens with zero attached hydrogens (tertiary/aromatic N) is 6. The van der Waals surface area contributed by atoms with E-state index in [1.54, 1.807) is 4.68 Å². The van der Waals surface area contributed by atoms with Crippen molar-refractivity contribution in [3.05, 3.63) is 35.9 Å². The number of aryl methyl sites for hydroxylation is 1. The summed E-state index contributed by atoms with van der Waals surface area (Å²) in [7, 11) is 1.82. The lowest BCUT2D eigenvalue weighted by atomic mass is 10.00. The van der Waals surface area contributed by atoms with Crippen LogP contribution < -0.4 is 0 Å². The van der Waals surface area contributed by atoms with Crippen LogP contribution in [0.3, 0.4) is 0 Å². The minimum atomic E-state index is -0.0425. The van der Waals surface area contributed by atoms with Gasteiger partial charge in [-0.2, -0.15) is 5.10 Å². The Labute approximate surface area is 132 Å². The highest BCUT2D eigenvalue weighted by atomic mass is 16.2. The number of hydrogen-bond acceptors (Lipinski definition) is 5. The molecule has 1 N–H and O–H groups in total. The van der Waals surface area contributed by atoms with Crippen molar-refractivity contribution in [1.82, 2.24) is 35.1 Å². The van der Waals surface area contributed by atoms with Gasteiger partial charge in [-0.1, -0.05) is 5.21 Å². The molecule has 0 radical (unpaired) electrons. The van der Waals surface area contributed by atoms with Crippen molar-refractivity contribution in [2.75, 3.05) is 6.54 Å². The van der Waals surface area contributed by atoms with E-state index in [4.69, 9.17) is 0 Å². The molecule has 1 aromatic carbocycles. The van der Waals surface area contributed by atoms with E-state index in [0.717, 1.165) is 42.7 Å². The largest absolute Gasteiger partial charge is 0.328 e. The Morgan fingerprint density at radius 3 is 3.09 bits per heavy atom. The fourth-order valence-corrected chi connectivity index (χ4v) is 3.16. The van der Waals surface area contributed by atoms with Crippen LogP contribution in [-0.4, -0.2) is 47.5 Å². The van der Waals surface area contributed by atoms with E-state index in [0.29, 0.717) is 5.56 Å². The number of amides is 1. The normalized spacial score (nSPS) is 18.5. The first-order chi connectivity index (χ1) is 11.2. The summed E-state index contributed by atoms with van der Waals surface area (Å²) in [4.78, 5) is 19.1. The van der Waals surface area contributed by atoms with Gasteiger partial charge in [0.1, 0.15) is 17.7 Å². The topological polar surface area (TPSA) is 92.6 Å². The Bertz CT molecular complexity index is 839. The monoisotopic (exact) mass is 311 g/mol. The molecule has 23 heavy (non-hydrogen) atoms. The van der Waals surface area contributed by atoms with Crippen molar-refractivity contribution < 1.29 is 4.79 Å². The molecule has 0 saturated carbocycles. The molecule has 1 aliphatic rings. The summed E-state index contributed by atoms with van der Waals surface area (Å²) < 4.78 is 1.68. The highest BCUT2D eigenvalue weighted by Crippen LogP contribution is 2.30. The van der Waals surface area contributed by atoms with Crippen molar-refractivity contribution in [2.24, 2.45) is 7.05 Å². The maximum Gasteiger partial charge on any atom is 0.254 e. The number of aromatic nitrogens is 6. The number of aromatic amines is 1. The maximum atomic E-state index is 13.0. The molecule has 4 rings (SSSR count). The number of likely N-dealkylation sites (tertiary alicyclic amines) is 1. The summed E-state index contributed by atoms with van der Waals surface area (Å²) in [6.07, 6.45) is 4.47. The standard InChI is InChI=1S/C15H17N7O/c1-21-13-8-10(5-6-11(13)18-20-21)15(23)22-7-3-2-4-12(22)14-16-9-17-19-14/h5-6,8-9,12H,2-4,7H2,1H3,(H,16,17,19)/t12-/m0/s1. The summed E-state index contributed by atoms with van der Waals surface area (Å²) in [5.74, 6) is 0.760. The van der Waals surface area contributed by atoms with Crippen LogP contribution in [0.25, 0.3) is 11.0 Å². The Balaban J connectivity index is 1.69. The van der Waals surface area contributed by atoms with Crippen LogP contribution in [-0.2, 0) is 7.05 Å². The highest BCUT2D eigenvalue weighted by molar-refractivity contribution is 5.97. The Kier molecular flexibility index (Phi) is 3.29. The second-order valence-electron chi connectivity index (χ2n) is 5.80. The van der Waals surface area contributed by atoms with E-state index < -0.39 is 0 Å². The molecular weight excluding hydrogens is 294 g/mol. The van der Waals surface area contributed by atoms with Gasteiger partial charge in [0.05, 0.1) is 11.6 Å². The smallest absolute Gasteiger partial charge is 0.254 e. The first-order valence-corrected chi connectivity index (χ1v) is 7.70. The molecule has 1 atom stereocenters. The van der Waals surface area contributed by atoms with Gasteiger partial charge < -0.3 is 4.90 Å². The SMILES string of the molecule is Cn1nnc2ccc(C(=O)N3CCCC[C@H]3c3ncn[nH]3)cc21. The molecule has 3 heterocycles. The van der Waals surface area contributed by atoms with Crippen LogP contribution in [0.5, 0.6) is 0 Å². The molecule has 1 saturated heterocycles. The molecule has 8 heteroatoms. The Hall–Kier alpha value is -2.77. The Morgan fingerprint density at radius 1 is 1.35 bits per heavy atom. The highest BCUT2D eigenvalue weighted by Gasteiger charge is 2.30. The van der Waals surface area contributed by atoms with E-state index in [9.17, 15) is 4.79 Å². The van der Waals surface area contributed by atoms with E-state index >= 15 is 0 Å². The van der Waals surface area contributed by atoms with Crippen molar-refractivity contribution in [3.63, 3.8) is 0 Å². The van der Waals surface area contributed by atoms with Crippen LogP contribution in [0.4, 0.5) is 0 Å². The molecule has 0 bridgehead atoms. The number of H-pyrrole nitrogens is 1. The molecular formula is C15H17N7O. The molecule has 1 fully saturated rings. The van der Waals surface area contributed by atoms with Crippen molar-refractivity contribution >= 4 is 16.9 Å². The predicted octanol–water partition coefficient (Wildman–Crippen LogP) is 1.45. The summed E-state index contributed by atoms with van der Waals surface area (Å²) in [5, 5.41) is 14.8. The zero-order chi connectivity index (χ0) is 15.8. The van der Waals surface area contributed by atoms with Gasteiger partial charge >= 0.3 is 0 Å². The average Bonchev–Trinajstić information content (AvgIpc) is 3.24. The van der Waals surface area contributed by atoms with Crippen molar-refractivity contribution in [2.45, 2.75) is 25.3 Å². The zero-order valence-electron chi connectivity index (χ0n) is 12.8. The van der Waals surface area contributed by atoms with Gasteiger partial charge in [0, 0.05) is 19.2 Å². The third-order valence-corrected chi connectivity index (χ3v) is 4.37. The molecule has 1 aliphatic heterocycles. The number of carbonyl (C=O) groups is 1. The van der Waals surface area contributed by atoms with Crippen LogP contribution >= 0.6 is 0 Å². The first kappa shape index (κ1) is 13.9. The Morgan fingerprint density at radius 2 is 2.26 bits per heavy atom. The molecule has 1 amide bonds. The number of rotatable bonds is 2. The summed E-state index contributed by atoms with van der Waals surface area (Å²) >= 11 is 0. The number of piperidine rings is 1. The summed E-state index contributed by atoms with van der Waals surface area (Å²) in [6.45, 7) is 0.728. The zero-order valence-corrected chi connectivity index (χ0v) is 12.8. The number of benzene rings is 1. The fraction of sp³-hybridized carbons (Fsp3) is 0.400. The molecule has 0 spiro atoms. The lowest BCUT2D eigenvalue weighted by Crippen LogP contribution is -2.39. The second kappa shape index (κ2) is 5.45. The third-order valence-electron chi connectivity index (χ3n) is 4.37. The molecule has 8 nitrogen and oxygen atoms in total. The minimum Gasteiger partial charge on any atom is -0.328 e. The molecule has 0 aliphatic carbocycles. The van der Waals surface area contributed by atoms with E-state index in [1.165, 1.54) is 6.33 Å². The third kappa shape index (κ3) is 2.36. The van der Waals surface area contributed by atoms with Gasteiger partial charge in [0.15, 0.2) is 0 Å². The molecule has 2 aromatic heterocycles. The van der Waals surface area contributed by atoms with Crippen molar-refractivity contribution in [1.29, 1.82) is 0 Å². The second-order valence-corrected chi connectivity index (χ2v) is 5.80. The first-order valence-electron chi connectivity index (χ1n) is 7.70. The van der Waals surface area contributed by atoms with Crippen LogP contribution in [0.1, 0.15) is 41.5 Å². The maximum absolute atomic E-state index is 13.0. The van der Waals surface area contributed by atoms with E-state index in [1.807, 2.05) is 30.1 Å². The van der Waals surface area contributed by atoms with Gasteiger partial charge in [-0.3, -0.25) is 9.89 Å². The molecule has 3 aromatic rings. The average molecular weight is 311 g/mol. The quantitative estimate of drug-likeness (QED) is 0.773. The van der Waals surface area contributed by atoms with Crippen LogP contribution in [0, 0.1) is 0 Å². The lowest BCUT2D eigenvalue weighted by Gasteiger charge is -2.34. The molecule has 118 valence electrons. The number of fused-ring (bicyclic) bond motifs is 1. The fourth-order valence-electron chi connectivity index (χ4n) is 3.16. The number of carbonyl (C=O) groups excluding carboxylic acids is 1. The van der Waals surface area contributed by atoms with Gasteiger partial charge in [-0.05, 0) is 37.5 Å². The summed E-state index contributed by atoms with van der Waals surface area (Å²) in [6, 6.07) is 5.46. The van der Waals surface area contributed by atoms with E-state index in [-0.39, 0.29) is 11.9 Å². The lowest BCUT2D eigenvalue weighted by molar-refractivity contribution is 0.0600. The van der Waals surface area contributed by atoms with Gasteiger partial charge in [-0.15, -0.1) is 5.10 Å². The van der Waals surface area contributed by atoms with Gasteiger partial charge in [0.2, 0.25) is 0 Å². The van der Waals surface area contributed by atoms with Gasteiger partial charge in [-0.25, -0.2) is 9.67 Å². The van der Waals surface area contributed by atoms with Crippen molar-refractivity contribution in [3.8, 4) is 0 Å². The minimum absolute atomic E-state index is 0.00852. The van der Waals surface area contributed by atoms with Crippen LogP contribution in [0.15, 0.2) is 24.5 Å². The summed E-state index contributed by atoms with van der Waals surface area (Å²) in [5.41, 5.74) is 2.29. The van der Waals surface area contributed by atoms with E-state index in [2.05, 4.69) is 25.5 Å². The van der Waals surface area contributed by atoms with Gasteiger partial charge in [0.25, 0.3) is 5.91 Å². The van der Waals surface area contributed by atoms with Crippen LogP contribution in [0.2, 0.25) is 0 Å². The number of nitrogens with one attached hydrogen (secondary N) is 1. The molecule has 0 unspecified atom stereocenters. The predicted molar refractivity (Wildman–Crippen MR) is 82.5 cm³/mol. The number of hydrogen-bond donors (Lipinski definition) is 1.